The van der Waals surface area contributed by atoms with Gasteiger partial charge in [-0.05, 0) is 37.3 Å². The first-order valence-electron chi connectivity index (χ1n) is 5.55. The Balaban J connectivity index is 2.50. The van der Waals surface area contributed by atoms with Crippen LogP contribution in [-0.2, 0) is 12.8 Å². The molecule has 2 N–H and O–H groups in total. The third kappa shape index (κ3) is 3.93. The van der Waals surface area contributed by atoms with E-state index in [1.165, 1.54) is 30.4 Å². The van der Waals surface area contributed by atoms with E-state index < -0.39 is 0 Å². The van der Waals surface area contributed by atoms with Gasteiger partial charge in [-0.2, -0.15) is 0 Å². The predicted octanol–water partition coefficient (Wildman–Crippen LogP) is 2.92. The second-order valence-corrected chi connectivity index (χ2v) is 4.10. The van der Waals surface area contributed by atoms with Gasteiger partial charge in [0.15, 0.2) is 0 Å². The van der Waals surface area contributed by atoms with Crippen LogP contribution in [-0.4, -0.2) is 6.04 Å². The summed E-state index contributed by atoms with van der Waals surface area (Å²) in [4.78, 5) is 0. The quantitative estimate of drug-likeness (QED) is 0.761. The zero-order chi connectivity index (χ0) is 10.4. The Bertz CT molecular complexity index is 248. The van der Waals surface area contributed by atoms with Gasteiger partial charge in [-0.15, -0.1) is 0 Å². The maximum atomic E-state index is 5.74. The Morgan fingerprint density at radius 2 is 1.71 bits per heavy atom. The van der Waals surface area contributed by atoms with Crippen LogP contribution >= 0.6 is 0 Å². The molecule has 0 aliphatic heterocycles. The fraction of sp³-hybridized carbons (Fsp3) is 0.538. The molecule has 0 fully saturated rings. The van der Waals surface area contributed by atoms with Gasteiger partial charge in [-0.25, -0.2) is 0 Å². The summed E-state index contributed by atoms with van der Waals surface area (Å²) < 4.78 is 0. The standard InChI is InChI=1S/C13H21N/c1-3-4-5-12-6-8-13(9-7-12)10-11(2)14/h6-9,11H,3-5,10,14H2,1-2H3. The molecule has 0 saturated carbocycles. The summed E-state index contributed by atoms with van der Waals surface area (Å²) >= 11 is 0. The molecule has 0 aromatic heterocycles. The summed E-state index contributed by atoms with van der Waals surface area (Å²) in [7, 11) is 0. The minimum Gasteiger partial charge on any atom is -0.328 e. The van der Waals surface area contributed by atoms with Gasteiger partial charge in [0.25, 0.3) is 0 Å². The molecular formula is C13H21N. The van der Waals surface area contributed by atoms with Crippen molar-refractivity contribution < 1.29 is 0 Å². The molecule has 1 atom stereocenters. The van der Waals surface area contributed by atoms with Gasteiger partial charge in [0, 0.05) is 6.04 Å². The molecule has 1 nitrogen and oxygen atoms in total. The SMILES string of the molecule is CCCCc1ccc(CC(C)N)cc1. The summed E-state index contributed by atoms with van der Waals surface area (Å²) in [6.45, 7) is 4.27. The minimum absolute atomic E-state index is 0.261. The summed E-state index contributed by atoms with van der Waals surface area (Å²) in [5.74, 6) is 0. The third-order valence-electron chi connectivity index (χ3n) is 2.40. The molecule has 0 saturated heterocycles. The van der Waals surface area contributed by atoms with Gasteiger partial charge in [-0.1, -0.05) is 37.6 Å². The van der Waals surface area contributed by atoms with Crippen LogP contribution in [0.3, 0.4) is 0 Å². The number of unbranched alkanes of at least 4 members (excludes halogenated alkanes) is 1. The maximum absolute atomic E-state index is 5.74. The predicted molar refractivity (Wildman–Crippen MR) is 62.4 cm³/mol. The molecule has 0 aliphatic rings. The van der Waals surface area contributed by atoms with Crippen molar-refractivity contribution in [2.75, 3.05) is 0 Å². The molecule has 1 unspecified atom stereocenters. The van der Waals surface area contributed by atoms with Gasteiger partial charge in [0.1, 0.15) is 0 Å². The second-order valence-electron chi connectivity index (χ2n) is 4.10. The molecule has 0 amide bonds. The van der Waals surface area contributed by atoms with E-state index in [-0.39, 0.29) is 6.04 Å². The lowest BCUT2D eigenvalue weighted by molar-refractivity contribution is 0.737. The Morgan fingerprint density at radius 3 is 2.21 bits per heavy atom. The summed E-state index contributed by atoms with van der Waals surface area (Å²) in [5.41, 5.74) is 8.53. The highest BCUT2D eigenvalue weighted by molar-refractivity contribution is 5.23. The van der Waals surface area contributed by atoms with Crippen LogP contribution in [0.5, 0.6) is 0 Å². The first kappa shape index (κ1) is 11.3. The van der Waals surface area contributed by atoms with Crippen molar-refractivity contribution in [1.29, 1.82) is 0 Å². The van der Waals surface area contributed by atoms with Gasteiger partial charge >= 0.3 is 0 Å². The van der Waals surface area contributed by atoms with Crippen molar-refractivity contribution in [2.24, 2.45) is 5.73 Å². The zero-order valence-electron chi connectivity index (χ0n) is 9.29. The molecule has 0 bridgehead atoms. The molecule has 1 aromatic carbocycles. The molecule has 1 aromatic rings. The van der Waals surface area contributed by atoms with Gasteiger partial charge in [0.2, 0.25) is 0 Å². The highest BCUT2D eigenvalue weighted by Crippen LogP contribution is 2.09. The molecule has 14 heavy (non-hydrogen) atoms. The zero-order valence-corrected chi connectivity index (χ0v) is 9.29. The lowest BCUT2D eigenvalue weighted by atomic mass is 10.0. The smallest absolute Gasteiger partial charge is 0.00509 e. The number of hydrogen-bond acceptors (Lipinski definition) is 1. The molecule has 78 valence electrons. The van der Waals surface area contributed by atoms with Gasteiger partial charge in [0.05, 0.1) is 0 Å². The Labute approximate surface area is 87.3 Å². The van der Waals surface area contributed by atoms with Crippen LogP contribution in [0.15, 0.2) is 24.3 Å². The van der Waals surface area contributed by atoms with Crippen LogP contribution in [0.4, 0.5) is 0 Å². The van der Waals surface area contributed by atoms with Crippen molar-refractivity contribution in [2.45, 2.75) is 45.6 Å². The normalized spacial score (nSPS) is 12.8. The molecule has 0 spiro atoms. The van der Waals surface area contributed by atoms with Crippen LogP contribution in [0.1, 0.15) is 37.8 Å². The fourth-order valence-electron chi connectivity index (χ4n) is 1.59. The second kappa shape index (κ2) is 5.82. The first-order chi connectivity index (χ1) is 6.72. The summed E-state index contributed by atoms with van der Waals surface area (Å²) in [5, 5.41) is 0. The Morgan fingerprint density at radius 1 is 1.14 bits per heavy atom. The van der Waals surface area contributed by atoms with E-state index in [9.17, 15) is 0 Å². The topological polar surface area (TPSA) is 26.0 Å². The van der Waals surface area contributed by atoms with Crippen molar-refractivity contribution in [3.63, 3.8) is 0 Å². The van der Waals surface area contributed by atoms with E-state index >= 15 is 0 Å². The van der Waals surface area contributed by atoms with E-state index in [0.29, 0.717) is 0 Å². The van der Waals surface area contributed by atoms with Gasteiger partial charge in [-0.3, -0.25) is 0 Å². The monoisotopic (exact) mass is 191 g/mol. The first-order valence-corrected chi connectivity index (χ1v) is 5.55. The number of rotatable bonds is 5. The highest BCUT2D eigenvalue weighted by Gasteiger charge is 1.97. The molecule has 1 heteroatoms. The van der Waals surface area contributed by atoms with Crippen molar-refractivity contribution in [1.82, 2.24) is 0 Å². The van der Waals surface area contributed by atoms with Crippen LogP contribution in [0.2, 0.25) is 0 Å². The van der Waals surface area contributed by atoms with Crippen molar-refractivity contribution >= 4 is 0 Å². The molecule has 0 heterocycles. The number of aryl methyl sites for hydroxylation is 1. The Kier molecular flexibility index (Phi) is 4.68. The summed E-state index contributed by atoms with van der Waals surface area (Å²) in [6, 6.07) is 9.13. The van der Waals surface area contributed by atoms with Crippen molar-refractivity contribution in [3.05, 3.63) is 35.4 Å². The Hall–Kier alpha value is -0.820. The van der Waals surface area contributed by atoms with E-state index in [1.807, 2.05) is 6.92 Å². The van der Waals surface area contributed by atoms with Crippen LogP contribution in [0.25, 0.3) is 0 Å². The highest BCUT2D eigenvalue weighted by atomic mass is 14.6. The van der Waals surface area contributed by atoms with E-state index in [4.69, 9.17) is 5.73 Å². The van der Waals surface area contributed by atoms with E-state index in [0.717, 1.165) is 6.42 Å². The maximum Gasteiger partial charge on any atom is 0.00509 e. The van der Waals surface area contributed by atoms with Gasteiger partial charge < -0.3 is 5.73 Å². The number of benzene rings is 1. The number of hydrogen-bond donors (Lipinski definition) is 1. The average Bonchev–Trinajstić information content (AvgIpc) is 2.16. The van der Waals surface area contributed by atoms with Crippen LogP contribution < -0.4 is 5.73 Å². The van der Waals surface area contributed by atoms with E-state index in [2.05, 4.69) is 31.2 Å². The molecule has 1 rings (SSSR count). The van der Waals surface area contributed by atoms with E-state index in [1.54, 1.807) is 0 Å². The number of nitrogens with two attached hydrogens (primary N) is 1. The fourth-order valence-corrected chi connectivity index (χ4v) is 1.59. The lowest BCUT2D eigenvalue weighted by Crippen LogP contribution is -2.17. The largest absolute Gasteiger partial charge is 0.328 e. The summed E-state index contributed by atoms with van der Waals surface area (Å²) in [6.07, 6.45) is 4.73. The molecular weight excluding hydrogens is 170 g/mol. The molecule has 0 radical (unpaired) electrons. The lowest BCUT2D eigenvalue weighted by Gasteiger charge is -2.06. The van der Waals surface area contributed by atoms with Crippen LogP contribution in [0, 0.1) is 0 Å². The average molecular weight is 191 g/mol. The molecule has 0 aliphatic carbocycles. The third-order valence-corrected chi connectivity index (χ3v) is 2.40. The van der Waals surface area contributed by atoms with Crippen molar-refractivity contribution in [3.8, 4) is 0 Å². The minimum atomic E-state index is 0.261.